The van der Waals surface area contributed by atoms with E-state index in [1.54, 1.807) is 24.3 Å². The Morgan fingerprint density at radius 1 is 0.964 bits per heavy atom. The molecule has 1 fully saturated rings. The van der Waals surface area contributed by atoms with Crippen LogP contribution in [0.4, 0.5) is 4.79 Å². The molecule has 0 saturated heterocycles. The van der Waals surface area contributed by atoms with E-state index in [9.17, 15) is 9.90 Å². The Bertz CT molecular complexity index is 1090. The van der Waals surface area contributed by atoms with Crippen molar-refractivity contribution < 1.29 is 19.4 Å². The number of ether oxygens (including phenoxy) is 2. The summed E-state index contributed by atoms with van der Waals surface area (Å²) in [6.45, 7) is 4.22. The molecule has 2 bridgehead atoms. The molecule has 3 atom stereocenters. The summed E-state index contributed by atoms with van der Waals surface area (Å²) in [7, 11) is 0. The molecule has 0 radical (unpaired) electrons. The molecule has 0 amide bonds. The van der Waals surface area contributed by atoms with Crippen molar-refractivity contribution >= 4 is 16.9 Å². The number of para-hydroxylation sites is 1. The number of rotatable bonds is 2. The first kappa shape index (κ1) is 17.1. The summed E-state index contributed by atoms with van der Waals surface area (Å²) in [5.41, 5.74) is 3.00. The van der Waals surface area contributed by atoms with Crippen LogP contribution in [0.15, 0.2) is 48.5 Å². The number of benzene rings is 3. The lowest BCUT2D eigenvalue weighted by Crippen LogP contribution is -2.16. The van der Waals surface area contributed by atoms with Crippen LogP contribution in [-0.2, 0) is 0 Å². The Morgan fingerprint density at radius 3 is 2.43 bits per heavy atom. The molecule has 0 spiro atoms. The summed E-state index contributed by atoms with van der Waals surface area (Å²) < 4.78 is 11.2. The SMILES string of the molecule is Cc1ccc2c(O)c3c(c(OC(=O)Oc4ccccc4)c2c1)C1CCC3C1C. The van der Waals surface area contributed by atoms with Crippen molar-refractivity contribution in [2.45, 2.75) is 38.5 Å². The minimum atomic E-state index is -0.752. The molecule has 1 saturated carbocycles. The normalized spacial score (nSPS) is 22.3. The van der Waals surface area contributed by atoms with Gasteiger partial charge in [0.25, 0.3) is 0 Å². The maximum Gasteiger partial charge on any atom is 0.519 e. The van der Waals surface area contributed by atoms with E-state index in [2.05, 4.69) is 6.92 Å². The van der Waals surface area contributed by atoms with Crippen LogP contribution in [0.5, 0.6) is 17.2 Å². The number of phenolic OH excluding ortho intramolecular Hbond substituents is 1. The summed E-state index contributed by atoms with van der Waals surface area (Å²) >= 11 is 0. The Balaban J connectivity index is 1.64. The fourth-order valence-electron chi connectivity index (χ4n) is 5.11. The van der Waals surface area contributed by atoms with Crippen molar-refractivity contribution in [3.05, 3.63) is 65.2 Å². The van der Waals surface area contributed by atoms with Crippen LogP contribution in [0.25, 0.3) is 10.8 Å². The van der Waals surface area contributed by atoms with Crippen molar-refractivity contribution in [3.8, 4) is 17.2 Å². The third kappa shape index (κ3) is 2.48. The lowest BCUT2D eigenvalue weighted by atomic mass is 9.87. The van der Waals surface area contributed by atoms with Crippen LogP contribution < -0.4 is 9.47 Å². The second-order valence-electron chi connectivity index (χ2n) is 7.97. The van der Waals surface area contributed by atoms with E-state index in [4.69, 9.17) is 9.47 Å². The highest BCUT2D eigenvalue weighted by atomic mass is 16.7. The highest BCUT2D eigenvalue weighted by Gasteiger charge is 2.47. The predicted molar refractivity (Wildman–Crippen MR) is 107 cm³/mol. The maximum atomic E-state index is 12.6. The smallest absolute Gasteiger partial charge is 0.507 e. The first-order valence-electron chi connectivity index (χ1n) is 9.78. The number of aryl methyl sites for hydroxylation is 1. The Morgan fingerprint density at radius 2 is 1.68 bits per heavy atom. The summed E-state index contributed by atoms with van der Waals surface area (Å²) in [6, 6.07) is 14.8. The van der Waals surface area contributed by atoms with Crippen molar-refractivity contribution in [3.63, 3.8) is 0 Å². The zero-order valence-electron chi connectivity index (χ0n) is 15.9. The minimum absolute atomic E-state index is 0.301. The fraction of sp³-hybridized carbons (Fsp3) is 0.292. The second kappa shape index (κ2) is 6.26. The zero-order valence-corrected chi connectivity index (χ0v) is 15.9. The summed E-state index contributed by atoms with van der Waals surface area (Å²) in [5.74, 6) is 2.39. The first-order chi connectivity index (χ1) is 13.5. The Hall–Kier alpha value is -3.01. The molecule has 3 aromatic rings. The highest BCUT2D eigenvalue weighted by Crippen LogP contribution is 2.63. The molecule has 142 valence electrons. The first-order valence-corrected chi connectivity index (χ1v) is 9.78. The van der Waals surface area contributed by atoms with E-state index in [1.807, 2.05) is 31.2 Å². The van der Waals surface area contributed by atoms with Crippen LogP contribution in [0.3, 0.4) is 0 Å². The molecule has 4 heteroatoms. The Labute approximate surface area is 163 Å². The highest BCUT2D eigenvalue weighted by molar-refractivity contribution is 5.98. The van der Waals surface area contributed by atoms with Crippen LogP contribution in [-0.4, -0.2) is 11.3 Å². The van der Waals surface area contributed by atoms with Gasteiger partial charge in [-0.15, -0.1) is 0 Å². The fourth-order valence-corrected chi connectivity index (χ4v) is 5.11. The average molecular weight is 374 g/mol. The van der Waals surface area contributed by atoms with Crippen molar-refractivity contribution in [2.75, 3.05) is 0 Å². The maximum absolute atomic E-state index is 12.6. The van der Waals surface area contributed by atoms with Gasteiger partial charge in [-0.05, 0) is 55.7 Å². The van der Waals surface area contributed by atoms with Crippen molar-refractivity contribution in [1.82, 2.24) is 0 Å². The molecule has 4 nitrogen and oxygen atoms in total. The van der Waals surface area contributed by atoms with Gasteiger partial charge in [-0.3, -0.25) is 0 Å². The van der Waals surface area contributed by atoms with Gasteiger partial charge in [-0.25, -0.2) is 4.79 Å². The minimum Gasteiger partial charge on any atom is -0.507 e. The number of carbonyl (C=O) groups is 1. The number of hydrogen-bond donors (Lipinski definition) is 1. The monoisotopic (exact) mass is 374 g/mol. The third-order valence-electron chi connectivity index (χ3n) is 6.39. The van der Waals surface area contributed by atoms with Crippen LogP contribution in [0.1, 0.15) is 48.3 Å². The number of carbonyl (C=O) groups excluding carboxylic acids is 1. The van der Waals surface area contributed by atoms with E-state index >= 15 is 0 Å². The molecule has 0 aromatic heterocycles. The van der Waals surface area contributed by atoms with Gasteiger partial charge in [0.05, 0.1) is 0 Å². The van der Waals surface area contributed by atoms with Crippen LogP contribution >= 0.6 is 0 Å². The second-order valence-corrected chi connectivity index (χ2v) is 7.97. The van der Waals surface area contributed by atoms with Gasteiger partial charge < -0.3 is 14.6 Å². The number of fused-ring (bicyclic) bond motifs is 6. The lowest BCUT2D eigenvalue weighted by Gasteiger charge is -2.22. The molecule has 5 rings (SSSR count). The molecule has 0 aliphatic heterocycles. The quantitative estimate of drug-likeness (QED) is 0.439. The predicted octanol–water partition coefficient (Wildman–Crippen LogP) is 6.04. The van der Waals surface area contributed by atoms with Gasteiger partial charge in [0, 0.05) is 21.9 Å². The summed E-state index contributed by atoms with van der Waals surface area (Å²) in [6.07, 6.45) is 1.37. The van der Waals surface area contributed by atoms with Crippen LogP contribution in [0, 0.1) is 12.8 Å². The van der Waals surface area contributed by atoms with Gasteiger partial charge in [0.15, 0.2) is 0 Å². The number of phenols is 1. The van der Waals surface area contributed by atoms with E-state index in [1.165, 1.54) is 0 Å². The van der Waals surface area contributed by atoms with Gasteiger partial charge in [-0.1, -0.05) is 42.8 Å². The van der Waals surface area contributed by atoms with E-state index in [-0.39, 0.29) is 0 Å². The molecular weight excluding hydrogens is 352 g/mol. The van der Waals surface area contributed by atoms with Crippen molar-refractivity contribution in [2.24, 2.45) is 5.92 Å². The zero-order chi connectivity index (χ0) is 19.4. The Kier molecular flexibility index (Phi) is 3.83. The lowest BCUT2D eigenvalue weighted by molar-refractivity contribution is 0.152. The van der Waals surface area contributed by atoms with Gasteiger partial charge in [0.2, 0.25) is 0 Å². The van der Waals surface area contributed by atoms with E-state index < -0.39 is 6.16 Å². The molecule has 0 heterocycles. The molecule has 28 heavy (non-hydrogen) atoms. The molecule has 3 unspecified atom stereocenters. The molecule has 2 aliphatic rings. The topological polar surface area (TPSA) is 55.8 Å². The molecular formula is C24H22O4. The summed E-state index contributed by atoms with van der Waals surface area (Å²) in [4.78, 5) is 12.6. The largest absolute Gasteiger partial charge is 0.519 e. The van der Waals surface area contributed by atoms with Gasteiger partial charge in [-0.2, -0.15) is 0 Å². The summed E-state index contributed by atoms with van der Waals surface area (Å²) in [5, 5.41) is 12.5. The molecule has 1 N–H and O–H groups in total. The average Bonchev–Trinajstić information content (AvgIpc) is 3.19. The van der Waals surface area contributed by atoms with E-state index in [0.717, 1.165) is 40.3 Å². The van der Waals surface area contributed by atoms with E-state index in [0.29, 0.717) is 35.0 Å². The number of hydrogen-bond acceptors (Lipinski definition) is 4. The van der Waals surface area contributed by atoms with Gasteiger partial charge >= 0.3 is 6.16 Å². The van der Waals surface area contributed by atoms with Crippen molar-refractivity contribution in [1.29, 1.82) is 0 Å². The number of aromatic hydroxyl groups is 1. The third-order valence-corrected chi connectivity index (χ3v) is 6.39. The van der Waals surface area contributed by atoms with Crippen LogP contribution in [0.2, 0.25) is 0 Å². The van der Waals surface area contributed by atoms with Gasteiger partial charge in [0.1, 0.15) is 17.2 Å². The molecule has 3 aromatic carbocycles. The standard InChI is InChI=1S/C24H22O4/c1-13-8-9-18-19(12-13)23(28-24(26)27-15-6-4-3-5-7-15)21-17-11-10-16(14(17)2)20(21)22(18)25/h3-9,12,14,16-17,25H,10-11H2,1-2H3. The molecule has 2 aliphatic carbocycles.